The second-order valence-electron chi connectivity index (χ2n) is 12.8. The fraction of sp³-hybridized carbons (Fsp3) is 0.750. The Balaban J connectivity index is 1.62. The largest absolute Gasteiger partial charge is 0.459 e. The van der Waals surface area contributed by atoms with E-state index in [4.69, 9.17) is 9.31 Å². The van der Waals surface area contributed by atoms with Crippen LogP contribution in [0.25, 0.3) is 0 Å². The highest BCUT2D eigenvalue weighted by Gasteiger charge is 2.68. The zero-order valence-corrected chi connectivity index (χ0v) is 22.7. The molecule has 4 aliphatic rings. The molecule has 3 nitrogen and oxygen atoms in total. The number of hydrogen-bond acceptors (Lipinski definition) is 3. The molecule has 0 N–H and O–H groups in total. The van der Waals surface area contributed by atoms with Crippen molar-refractivity contribution in [3.8, 4) is 0 Å². The Bertz CT molecular complexity index is 762. The molecule has 3 aliphatic carbocycles. The fourth-order valence-electron chi connectivity index (χ4n) is 7.24. The molecule has 1 heterocycles. The van der Waals surface area contributed by atoms with Crippen molar-refractivity contribution in [2.24, 2.45) is 17.3 Å². The van der Waals surface area contributed by atoms with Gasteiger partial charge in [-0.25, -0.2) is 0 Å². The topological polar surface area (TPSA) is 21.7 Å². The van der Waals surface area contributed by atoms with Crippen molar-refractivity contribution in [1.82, 2.24) is 4.23 Å². The molecule has 0 radical (unpaired) electrons. The molecule has 0 aromatic heterocycles. The van der Waals surface area contributed by atoms with Crippen LogP contribution in [0.1, 0.15) is 45.2 Å². The second-order valence-corrected chi connectivity index (χ2v) is 22.9. The summed E-state index contributed by atoms with van der Waals surface area (Å²) < 4.78 is 16.4. The molecule has 30 heavy (non-hydrogen) atoms. The minimum atomic E-state index is -1.54. The molecule has 5 atom stereocenters. The molecule has 3 unspecified atom stereocenters. The predicted octanol–water partition coefficient (Wildman–Crippen LogP) is 6.43. The summed E-state index contributed by atoms with van der Waals surface area (Å²) in [7, 11) is -3.18. The number of rotatable bonds is 6. The maximum absolute atomic E-state index is 6.85. The van der Waals surface area contributed by atoms with Crippen LogP contribution in [-0.4, -0.2) is 39.5 Å². The maximum Gasteiger partial charge on any atom is 0.459 e. The highest BCUT2D eigenvalue weighted by molar-refractivity contribution is 6.89. The van der Waals surface area contributed by atoms with Crippen LogP contribution in [0, 0.1) is 17.3 Å². The molecule has 3 saturated carbocycles. The average Bonchev–Trinajstić information content (AvgIpc) is 2.94. The van der Waals surface area contributed by atoms with E-state index in [9.17, 15) is 0 Å². The van der Waals surface area contributed by atoms with E-state index in [1.54, 1.807) is 0 Å². The first-order valence-electron chi connectivity index (χ1n) is 11.9. The highest BCUT2D eigenvalue weighted by Crippen LogP contribution is 2.66. The first kappa shape index (κ1) is 22.8. The summed E-state index contributed by atoms with van der Waals surface area (Å²) in [6.07, 6.45) is 3.68. The van der Waals surface area contributed by atoms with Gasteiger partial charge in [0, 0.05) is 12.4 Å². The number of hydrogen-bond donors (Lipinski definition) is 0. The summed E-state index contributed by atoms with van der Waals surface area (Å²) in [4.78, 5) is 0. The minimum absolute atomic E-state index is 0.101. The molecule has 0 spiro atoms. The smallest absolute Gasteiger partial charge is 0.405 e. The lowest BCUT2D eigenvalue weighted by molar-refractivity contribution is -0.199. The van der Waals surface area contributed by atoms with Crippen LogP contribution >= 0.6 is 0 Å². The third-order valence-electron chi connectivity index (χ3n) is 8.36. The van der Waals surface area contributed by atoms with Gasteiger partial charge in [0.05, 0.1) is 11.7 Å². The Morgan fingerprint density at radius 2 is 1.60 bits per heavy atom. The van der Waals surface area contributed by atoms with Gasteiger partial charge in [-0.3, -0.25) is 0 Å². The van der Waals surface area contributed by atoms with Crippen molar-refractivity contribution in [2.45, 2.75) is 97.0 Å². The van der Waals surface area contributed by atoms with E-state index in [-0.39, 0.29) is 18.8 Å². The van der Waals surface area contributed by atoms with E-state index >= 15 is 0 Å². The number of nitrogens with zero attached hydrogens (tertiary/aromatic N) is 1. The second kappa shape index (κ2) is 7.31. The van der Waals surface area contributed by atoms with Crippen LogP contribution < -0.4 is 0 Å². The van der Waals surface area contributed by atoms with Crippen molar-refractivity contribution in [3.05, 3.63) is 35.9 Å². The summed E-state index contributed by atoms with van der Waals surface area (Å²) in [5.74, 6) is 1.42. The highest BCUT2D eigenvalue weighted by atomic mass is 28.4. The Morgan fingerprint density at radius 3 is 2.13 bits per heavy atom. The van der Waals surface area contributed by atoms with Gasteiger partial charge in [0.25, 0.3) is 0 Å². The van der Waals surface area contributed by atoms with Crippen molar-refractivity contribution in [2.75, 3.05) is 0 Å². The molecule has 1 aromatic carbocycles. The Morgan fingerprint density at radius 1 is 1.00 bits per heavy atom. The van der Waals surface area contributed by atoms with E-state index < -0.39 is 16.5 Å². The third-order valence-corrected chi connectivity index (χ3v) is 15.9. The lowest BCUT2D eigenvalue weighted by Gasteiger charge is -2.64. The lowest BCUT2D eigenvalue weighted by Crippen LogP contribution is -2.65. The summed E-state index contributed by atoms with van der Waals surface area (Å²) in [5, 5.41) is 0. The van der Waals surface area contributed by atoms with Crippen molar-refractivity contribution >= 4 is 23.6 Å². The van der Waals surface area contributed by atoms with Crippen LogP contribution in [0.3, 0.4) is 0 Å². The van der Waals surface area contributed by atoms with E-state index in [0.29, 0.717) is 17.4 Å². The third kappa shape index (κ3) is 3.70. The van der Waals surface area contributed by atoms with Crippen LogP contribution in [0.5, 0.6) is 0 Å². The van der Waals surface area contributed by atoms with Crippen molar-refractivity contribution in [3.63, 3.8) is 0 Å². The lowest BCUT2D eigenvalue weighted by atomic mass is 9.43. The van der Waals surface area contributed by atoms with E-state index in [1.165, 1.54) is 12.0 Å². The maximum atomic E-state index is 6.85. The first-order chi connectivity index (χ1) is 13.7. The Kier molecular flexibility index (Phi) is 5.55. The Hall–Kier alpha value is -0.401. The summed E-state index contributed by atoms with van der Waals surface area (Å²) >= 11 is 0. The summed E-state index contributed by atoms with van der Waals surface area (Å²) in [5.41, 5.74) is 1.69. The molecular weight excluding hydrogens is 401 g/mol. The van der Waals surface area contributed by atoms with E-state index in [0.717, 1.165) is 18.7 Å². The van der Waals surface area contributed by atoms with Gasteiger partial charge in [-0.15, -0.1) is 0 Å². The standard InChI is InChI=1S/C24H42BNO2Si2/c1-23(2)19-15-21(23)24(3)22(16-19)27-25(28-24)17-20(18-13-11-10-12-14-18)26(29(4,5)6)30(7,8)9/h10-14,19-22H,15-17H2,1-9H3/t19?,20-,21?,22?,24+/m0/s1. The van der Waals surface area contributed by atoms with Gasteiger partial charge in [-0.1, -0.05) is 83.5 Å². The van der Waals surface area contributed by atoms with Gasteiger partial charge in [0.1, 0.15) is 16.5 Å². The molecule has 2 bridgehead atoms. The first-order valence-corrected chi connectivity index (χ1v) is 18.8. The van der Waals surface area contributed by atoms with Crippen LogP contribution in [-0.2, 0) is 9.31 Å². The van der Waals surface area contributed by atoms with Gasteiger partial charge < -0.3 is 13.5 Å². The van der Waals surface area contributed by atoms with Gasteiger partial charge >= 0.3 is 7.12 Å². The van der Waals surface area contributed by atoms with Crippen molar-refractivity contribution in [1.29, 1.82) is 0 Å². The van der Waals surface area contributed by atoms with Gasteiger partial charge in [-0.2, -0.15) is 0 Å². The zero-order chi connectivity index (χ0) is 22.1. The monoisotopic (exact) mass is 443 g/mol. The molecule has 1 aliphatic heterocycles. The normalized spacial score (nSPS) is 33.9. The van der Waals surface area contributed by atoms with E-state index in [1.807, 2.05) is 0 Å². The zero-order valence-electron chi connectivity index (χ0n) is 20.7. The quantitative estimate of drug-likeness (QED) is 0.473. The fourth-order valence-corrected chi connectivity index (χ4v) is 17.7. The Labute approximate surface area is 187 Å². The predicted molar refractivity (Wildman–Crippen MR) is 133 cm³/mol. The molecule has 4 fully saturated rings. The molecular formula is C24H42BNO2Si2. The summed E-state index contributed by atoms with van der Waals surface area (Å²) in [6, 6.07) is 11.5. The molecule has 0 amide bonds. The SMILES string of the molecule is CC1(C)C2CC3OB(C[C@@H](c4ccccc4)N([Si](C)(C)C)[Si](C)(C)C)O[C@]3(C)C1C2. The molecule has 1 saturated heterocycles. The molecule has 1 aromatic rings. The van der Waals surface area contributed by atoms with Crippen molar-refractivity contribution < 1.29 is 9.31 Å². The van der Waals surface area contributed by atoms with Crippen LogP contribution in [0.4, 0.5) is 0 Å². The molecule has 5 rings (SSSR count). The minimum Gasteiger partial charge on any atom is -0.405 e. The molecule has 166 valence electrons. The van der Waals surface area contributed by atoms with E-state index in [2.05, 4.69) is 94.6 Å². The molecule has 6 heteroatoms. The van der Waals surface area contributed by atoms with Gasteiger partial charge in [0.2, 0.25) is 0 Å². The van der Waals surface area contributed by atoms with Gasteiger partial charge in [0.15, 0.2) is 0 Å². The average molecular weight is 444 g/mol. The van der Waals surface area contributed by atoms with Gasteiger partial charge in [-0.05, 0) is 42.6 Å². The summed E-state index contributed by atoms with van der Waals surface area (Å²) in [6.45, 7) is 22.2. The number of benzene rings is 1. The van der Waals surface area contributed by atoms with Crippen LogP contribution in [0.2, 0.25) is 45.6 Å². The van der Waals surface area contributed by atoms with Crippen LogP contribution in [0.15, 0.2) is 30.3 Å².